The molecule has 1 aromatic carbocycles. The highest BCUT2D eigenvalue weighted by Crippen LogP contribution is 2.22. The molecule has 0 saturated carbocycles. The molecule has 0 atom stereocenters. The summed E-state index contributed by atoms with van der Waals surface area (Å²) in [4.78, 5) is 21.5. The number of ether oxygens (including phenoxy) is 1. The van der Waals surface area contributed by atoms with E-state index < -0.39 is 11.9 Å². The van der Waals surface area contributed by atoms with Gasteiger partial charge in [-0.2, -0.15) is 0 Å². The smallest absolute Gasteiger partial charge is 0.308 e. The molecule has 1 rings (SSSR count). The summed E-state index contributed by atoms with van der Waals surface area (Å²) in [6.07, 6.45) is -0.162. The van der Waals surface area contributed by atoms with Crippen molar-refractivity contribution in [1.29, 1.82) is 0 Å². The number of esters is 1. The van der Waals surface area contributed by atoms with Crippen molar-refractivity contribution in [2.24, 2.45) is 0 Å². The average Bonchev–Trinajstić information content (AvgIpc) is 2.19. The molecule has 0 fully saturated rings. The van der Waals surface area contributed by atoms with Crippen molar-refractivity contribution in [3.63, 3.8) is 0 Å². The van der Waals surface area contributed by atoms with Crippen LogP contribution >= 0.6 is 15.9 Å². The zero-order valence-corrected chi connectivity index (χ0v) is 10.3. The first-order valence-electron chi connectivity index (χ1n) is 4.61. The lowest BCUT2D eigenvalue weighted by atomic mass is 10.1. The van der Waals surface area contributed by atoms with E-state index in [1.807, 2.05) is 0 Å². The van der Waals surface area contributed by atoms with E-state index in [2.05, 4.69) is 15.9 Å². The number of benzene rings is 1. The Morgan fingerprint density at radius 2 is 2.12 bits per heavy atom. The summed E-state index contributed by atoms with van der Waals surface area (Å²) in [6.45, 7) is 1.28. The van der Waals surface area contributed by atoms with E-state index in [1.54, 1.807) is 18.2 Å². The summed E-state index contributed by atoms with van der Waals surface area (Å²) >= 11 is 3.28. The number of carbonyl (C=O) groups is 2. The molecule has 0 unspecified atom stereocenters. The summed E-state index contributed by atoms with van der Waals surface area (Å²) in [6, 6.07) is 5.11. The van der Waals surface area contributed by atoms with Crippen LogP contribution in [0.5, 0.6) is 5.75 Å². The van der Waals surface area contributed by atoms with Crippen LogP contribution in [0.1, 0.15) is 18.1 Å². The van der Waals surface area contributed by atoms with Gasteiger partial charge in [0.15, 0.2) is 0 Å². The molecule has 0 aliphatic heterocycles. The van der Waals surface area contributed by atoms with Gasteiger partial charge in [0, 0.05) is 17.8 Å². The van der Waals surface area contributed by atoms with Gasteiger partial charge in [0.1, 0.15) is 5.75 Å². The standard InChI is InChI=1S/C11H11BrO4/c1-7(13)16-10-4-8(6-12)2-3-9(10)5-11(14)15/h2-4H,5-6H2,1H3,(H,14,15). The highest BCUT2D eigenvalue weighted by atomic mass is 79.9. The summed E-state index contributed by atoms with van der Waals surface area (Å²) in [7, 11) is 0. The summed E-state index contributed by atoms with van der Waals surface area (Å²) in [5, 5.41) is 9.32. The number of halogens is 1. The van der Waals surface area contributed by atoms with Crippen LogP contribution < -0.4 is 4.74 Å². The summed E-state index contributed by atoms with van der Waals surface area (Å²) in [5.41, 5.74) is 1.41. The van der Waals surface area contributed by atoms with Crippen molar-refractivity contribution in [2.45, 2.75) is 18.7 Å². The van der Waals surface area contributed by atoms with E-state index in [0.29, 0.717) is 16.6 Å². The molecule has 0 bridgehead atoms. The Labute approximate surface area is 101 Å². The van der Waals surface area contributed by atoms with E-state index >= 15 is 0 Å². The first-order chi connectivity index (χ1) is 7.52. The number of rotatable bonds is 4. The highest BCUT2D eigenvalue weighted by Gasteiger charge is 2.10. The van der Waals surface area contributed by atoms with E-state index in [1.165, 1.54) is 6.92 Å². The molecule has 0 amide bonds. The lowest BCUT2D eigenvalue weighted by Crippen LogP contribution is -2.07. The fourth-order valence-corrected chi connectivity index (χ4v) is 1.59. The van der Waals surface area contributed by atoms with Gasteiger partial charge in [-0.1, -0.05) is 28.1 Å². The predicted molar refractivity (Wildman–Crippen MR) is 61.7 cm³/mol. The first kappa shape index (κ1) is 12.7. The van der Waals surface area contributed by atoms with Crippen LogP contribution in [-0.2, 0) is 21.3 Å². The van der Waals surface area contributed by atoms with Crippen molar-refractivity contribution in [2.75, 3.05) is 0 Å². The minimum atomic E-state index is -0.958. The number of carboxylic acids is 1. The largest absolute Gasteiger partial charge is 0.481 e. The third-order valence-corrected chi connectivity index (χ3v) is 2.53. The second-order valence-electron chi connectivity index (χ2n) is 3.24. The Kier molecular flexibility index (Phi) is 4.49. The lowest BCUT2D eigenvalue weighted by molar-refractivity contribution is -0.136. The monoisotopic (exact) mass is 286 g/mol. The molecule has 0 spiro atoms. The number of aliphatic carboxylic acids is 1. The third kappa shape index (κ3) is 3.66. The Hall–Kier alpha value is -1.36. The molecule has 0 heterocycles. The van der Waals surface area contributed by atoms with Crippen molar-refractivity contribution in [3.05, 3.63) is 29.3 Å². The van der Waals surface area contributed by atoms with E-state index in [9.17, 15) is 9.59 Å². The normalized spacial score (nSPS) is 9.88. The Balaban J connectivity index is 3.05. The van der Waals surface area contributed by atoms with Crippen LogP contribution in [0.25, 0.3) is 0 Å². The van der Waals surface area contributed by atoms with Gasteiger partial charge in [0.05, 0.1) is 6.42 Å². The molecule has 1 N–H and O–H groups in total. The molecule has 16 heavy (non-hydrogen) atoms. The Morgan fingerprint density at radius 3 is 2.62 bits per heavy atom. The predicted octanol–water partition coefficient (Wildman–Crippen LogP) is 2.13. The molecular formula is C11H11BrO4. The zero-order chi connectivity index (χ0) is 12.1. The van der Waals surface area contributed by atoms with Gasteiger partial charge >= 0.3 is 11.9 Å². The maximum atomic E-state index is 10.9. The van der Waals surface area contributed by atoms with Gasteiger partial charge < -0.3 is 9.84 Å². The highest BCUT2D eigenvalue weighted by molar-refractivity contribution is 9.08. The van der Waals surface area contributed by atoms with Gasteiger partial charge in [-0.05, 0) is 11.6 Å². The second-order valence-corrected chi connectivity index (χ2v) is 3.80. The molecule has 0 aliphatic rings. The van der Waals surface area contributed by atoms with E-state index in [-0.39, 0.29) is 6.42 Å². The van der Waals surface area contributed by atoms with E-state index in [4.69, 9.17) is 9.84 Å². The van der Waals surface area contributed by atoms with Gasteiger partial charge in [0.25, 0.3) is 0 Å². The Bertz CT molecular complexity index is 414. The molecule has 4 nitrogen and oxygen atoms in total. The molecule has 1 aromatic rings. The van der Waals surface area contributed by atoms with Crippen molar-refractivity contribution >= 4 is 27.9 Å². The number of hydrogen-bond acceptors (Lipinski definition) is 3. The maximum Gasteiger partial charge on any atom is 0.308 e. The van der Waals surface area contributed by atoms with Crippen LogP contribution in [0.2, 0.25) is 0 Å². The van der Waals surface area contributed by atoms with Crippen molar-refractivity contribution < 1.29 is 19.4 Å². The number of alkyl halides is 1. The van der Waals surface area contributed by atoms with Crippen LogP contribution in [-0.4, -0.2) is 17.0 Å². The molecule has 86 valence electrons. The van der Waals surface area contributed by atoms with Crippen LogP contribution in [0, 0.1) is 0 Å². The van der Waals surface area contributed by atoms with Crippen LogP contribution in [0.4, 0.5) is 0 Å². The van der Waals surface area contributed by atoms with Gasteiger partial charge in [0.2, 0.25) is 0 Å². The van der Waals surface area contributed by atoms with Crippen molar-refractivity contribution in [1.82, 2.24) is 0 Å². The summed E-state index contributed by atoms with van der Waals surface area (Å²) < 4.78 is 4.97. The molecule has 0 radical (unpaired) electrons. The fourth-order valence-electron chi connectivity index (χ4n) is 1.24. The molecule has 0 saturated heterocycles. The minimum Gasteiger partial charge on any atom is -0.481 e. The minimum absolute atomic E-state index is 0.162. The third-order valence-electron chi connectivity index (χ3n) is 1.88. The fraction of sp³-hybridized carbons (Fsp3) is 0.273. The average molecular weight is 287 g/mol. The Morgan fingerprint density at radius 1 is 1.44 bits per heavy atom. The summed E-state index contributed by atoms with van der Waals surface area (Å²) in [5.74, 6) is -1.11. The zero-order valence-electron chi connectivity index (χ0n) is 8.70. The second kappa shape index (κ2) is 5.65. The first-order valence-corrected chi connectivity index (χ1v) is 5.73. The van der Waals surface area contributed by atoms with Gasteiger partial charge in [-0.3, -0.25) is 9.59 Å². The molecular weight excluding hydrogens is 276 g/mol. The molecule has 0 aliphatic carbocycles. The lowest BCUT2D eigenvalue weighted by Gasteiger charge is -2.08. The topological polar surface area (TPSA) is 63.6 Å². The molecule has 5 heteroatoms. The quantitative estimate of drug-likeness (QED) is 0.523. The van der Waals surface area contributed by atoms with Gasteiger partial charge in [-0.15, -0.1) is 0 Å². The number of hydrogen-bond donors (Lipinski definition) is 1. The molecule has 0 aromatic heterocycles. The van der Waals surface area contributed by atoms with Crippen LogP contribution in [0.3, 0.4) is 0 Å². The number of carboxylic acid groups (broad SMARTS) is 1. The SMILES string of the molecule is CC(=O)Oc1cc(CBr)ccc1CC(=O)O. The van der Waals surface area contributed by atoms with Crippen LogP contribution in [0.15, 0.2) is 18.2 Å². The van der Waals surface area contributed by atoms with Gasteiger partial charge in [-0.25, -0.2) is 0 Å². The number of carbonyl (C=O) groups excluding carboxylic acids is 1. The van der Waals surface area contributed by atoms with E-state index in [0.717, 1.165) is 5.56 Å². The maximum absolute atomic E-state index is 10.9. The van der Waals surface area contributed by atoms with Crippen molar-refractivity contribution in [3.8, 4) is 5.75 Å².